The van der Waals surface area contributed by atoms with Crippen LogP contribution < -0.4 is 0 Å². The molecule has 0 nitrogen and oxygen atoms in total. The van der Waals surface area contributed by atoms with E-state index in [4.69, 9.17) is 0 Å². The van der Waals surface area contributed by atoms with Gasteiger partial charge in [-0.25, -0.2) is 0 Å². The summed E-state index contributed by atoms with van der Waals surface area (Å²) >= 11 is 0. The van der Waals surface area contributed by atoms with Gasteiger partial charge in [-0.2, -0.15) is 0 Å². The number of hydrogen-bond acceptors (Lipinski definition) is 0. The molecule has 1 aromatic rings. The van der Waals surface area contributed by atoms with Crippen molar-refractivity contribution in [3.8, 4) is 0 Å². The van der Waals surface area contributed by atoms with Crippen molar-refractivity contribution in [1.82, 2.24) is 0 Å². The van der Waals surface area contributed by atoms with Gasteiger partial charge in [0, 0.05) is 5.92 Å². The van der Waals surface area contributed by atoms with Crippen molar-refractivity contribution in [2.45, 2.75) is 38.5 Å². The Morgan fingerprint density at radius 1 is 1.13 bits per heavy atom. The molecule has 0 amide bonds. The normalized spacial score (nSPS) is 26.1. The Kier molecular flexibility index (Phi) is 2.16. The van der Waals surface area contributed by atoms with Crippen LogP contribution in [0.5, 0.6) is 0 Å². The summed E-state index contributed by atoms with van der Waals surface area (Å²) in [4.78, 5) is 0. The zero-order chi connectivity index (χ0) is 10.3. The van der Waals surface area contributed by atoms with Crippen molar-refractivity contribution < 1.29 is 0 Å². The summed E-state index contributed by atoms with van der Waals surface area (Å²) in [5.74, 6) is 1.66. The van der Waals surface area contributed by atoms with Crippen molar-refractivity contribution in [3.63, 3.8) is 0 Å². The molecule has 0 aliphatic heterocycles. The monoisotopic (exact) mass is 198 g/mol. The quantitative estimate of drug-likeness (QED) is 0.622. The van der Waals surface area contributed by atoms with Gasteiger partial charge in [0.15, 0.2) is 0 Å². The van der Waals surface area contributed by atoms with E-state index in [1.54, 1.807) is 11.1 Å². The molecule has 0 saturated heterocycles. The molecule has 0 heterocycles. The van der Waals surface area contributed by atoms with Gasteiger partial charge in [-0.3, -0.25) is 0 Å². The smallest absolute Gasteiger partial charge is 0.00226 e. The van der Waals surface area contributed by atoms with E-state index in [-0.39, 0.29) is 0 Å². The molecule has 1 fully saturated rings. The van der Waals surface area contributed by atoms with Crippen LogP contribution in [0.4, 0.5) is 0 Å². The fraction of sp³-hybridized carbons (Fsp3) is 0.467. The summed E-state index contributed by atoms with van der Waals surface area (Å²) in [7, 11) is 0. The highest BCUT2D eigenvalue weighted by Crippen LogP contribution is 2.48. The van der Waals surface area contributed by atoms with Gasteiger partial charge in [0.1, 0.15) is 0 Å². The highest BCUT2D eigenvalue weighted by Gasteiger charge is 2.32. The highest BCUT2D eigenvalue weighted by molar-refractivity contribution is 5.36. The average Bonchev–Trinajstić information content (AvgIpc) is 2.91. The van der Waals surface area contributed by atoms with Gasteiger partial charge in [-0.15, -0.1) is 0 Å². The molecule has 0 N–H and O–H groups in total. The van der Waals surface area contributed by atoms with Gasteiger partial charge in [-0.05, 0) is 37.2 Å². The average molecular weight is 198 g/mol. The molecule has 78 valence electrons. The Bertz CT molecular complexity index is 386. The maximum atomic E-state index is 2.37. The summed E-state index contributed by atoms with van der Waals surface area (Å²) < 4.78 is 0. The summed E-state index contributed by atoms with van der Waals surface area (Å²) in [5.41, 5.74) is 5.04. The lowest BCUT2D eigenvalue weighted by Gasteiger charge is -2.19. The van der Waals surface area contributed by atoms with Crippen LogP contribution in [0.2, 0.25) is 0 Å². The van der Waals surface area contributed by atoms with E-state index in [0.29, 0.717) is 5.92 Å². The van der Waals surface area contributed by atoms with E-state index in [9.17, 15) is 0 Å². The van der Waals surface area contributed by atoms with Crippen molar-refractivity contribution in [1.29, 1.82) is 0 Å². The molecule has 1 aromatic carbocycles. The second-order valence-electron chi connectivity index (χ2n) is 5.07. The van der Waals surface area contributed by atoms with Gasteiger partial charge in [-0.1, -0.05) is 48.4 Å². The second kappa shape index (κ2) is 3.52. The van der Waals surface area contributed by atoms with E-state index in [0.717, 1.165) is 5.92 Å². The Morgan fingerprint density at radius 2 is 1.93 bits per heavy atom. The van der Waals surface area contributed by atoms with Gasteiger partial charge >= 0.3 is 0 Å². The summed E-state index contributed by atoms with van der Waals surface area (Å²) in [6, 6.07) is 11.0. The zero-order valence-corrected chi connectivity index (χ0v) is 9.37. The molecule has 0 spiro atoms. The summed E-state index contributed by atoms with van der Waals surface area (Å²) in [6.07, 6.45) is 5.63. The largest absolute Gasteiger partial charge is 0.0701 e. The van der Waals surface area contributed by atoms with Crippen molar-refractivity contribution >= 4 is 0 Å². The van der Waals surface area contributed by atoms with Crippen molar-refractivity contribution in [3.05, 3.63) is 47.0 Å². The van der Waals surface area contributed by atoms with E-state index >= 15 is 0 Å². The predicted octanol–water partition coefficient (Wildman–Crippen LogP) is 4.29. The standard InChI is InChI=1S/C15H18/c1-11(13-5-3-2-4-6-13)15-10-12-7-8-14(15)9-12/h2-6,11-12H,7-10H2,1H3. The molecule has 2 unspecified atom stereocenters. The van der Waals surface area contributed by atoms with Crippen LogP contribution >= 0.6 is 0 Å². The molecule has 2 bridgehead atoms. The maximum Gasteiger partial charge on any atom is 0.00226 e. The molecular weight excluding hydrogens is 180 g/mol. The fourth-order valence-electron chi connectivity index (χ4n) is 3.28. The Balaban J connectivity index is 1.90. The summed E-state index contributed by atoms with van der Waals surface area (Å²) in [6.45, 7) is 2.37. The lowest BCUT2D eigenvalue weighted by Crippen LogP contribution is -2.02. The molecule has 2 aliphatic rings. The third kappa shape index (κ3) is 1.52. The molecular formula is C15H18. The van der Waals surface area contributed by atoms with Gasteiger partial charge in [0.25, 0.3) is 0 Å². The molecule has 0 radical (unpaired) electrons. The topological polar surface area (TPSA) is 0 Å². The van der Waals surface area contributed by atoms with E-state index in [2.05, 4.69) is 37.3 Å². The first kappa shape index (κ1) is 9.21. The highest BCUT2D eigenvalue weighted by atomic mass is 14.4. The predicted molar refractivity (Wildman–Crippen MR) is 63.8 cm³/mol. The molecule has 2 atom stereocenters. The maximum absolute atomic E-state index is 2.37. The van der Waals surface area contributed by atoms with Crippen LogP contribution in [0.3, 0.4) is 0 Å². The number of benzene rings is 1. The van der Waals surface area contributed by atoms with Crippen LogP contribution in [-0.4, -0.2) is 0 Å². The second-order valence-corrected chi connectivity index (χ2v) is 5.07. The third-order valence-electron chi connectivity index (χ3n) is 4.17. The number of fused-ring (bicyclic) bond motifs is 2. The summed E-state index contributed by atoms with van der Waals surface area (Å²) in [5, 5.41) is 0. The third-order valence-corrected chi connectivity index (χ3v) is 4.17. The van der Waals surface area contributed by atoms with Crippen LogP contribution in [0.15, 0.2) is 41.5 Å². The van der Waals surface area contributed by atoms with E-state index in [1.807, 2.05) is 0 Å². The minimum Gasteiger partial charge on any atom is -0.0701 e. The lowest BCUT2D eigenvalue weighted by atomic mass is 9.86. The number of allylic oxidation sites excluding steroid dienone is 2. The van der Waals surface area contributed by atoms with Gasteiger partial charge < -0.3 is 0 Å². The van der Waals surface area contributed by atoms with Crippen LogP contribution in [0, 0.1) is 5.92 Å². The molecule has 0 heteroatoms. The lowest BCUT2D eigenvalue weighted by molar-refractivity contribution is 0.548. The molecule has 0 aromatic heterocycles. The van der Waals surface area contributed by atoms with Gasteiger partial charge in [0.05, 0.1) is 0 Å². The minimum absolute atomic E-state index is 0.659. The molecule has 15 heavy (non-hydrogen) atoms. The Hall–Kier alpha value is -1.04. The number of rotatable bonds is 2. The first-order valence-corrected chi connectivity index (χ1v) is 6.10. The Morgan fingerprint density at radius 3 is 2.53 bits per heavy atom. The minimum atomic E-state index is 0.659. The molecule has 1 saturated carbocycles. The molecule has 3 rings (SSSR count). The first-order chi connectivity index (χ1) is 7.34. The van der Waals surface area contributed by atoms with Crippen LogP contribution in [0.1, 0.15) is 44.1 Å². The van der Waals surface area contributed by atoms with Gasteiger partial charge in [0.2, 0.25) is 0 Å². The Labute approximate surface area is 92.0 Å². The van der Waals surface area contributed by atoms with Crippen molar-refractivity contribution in [2.75, 3.05) is 0 Å². The fourth-order valence-corrected chi connectivity index (χ4v) is 3.28. The number of hydrogen-bond donors (Lipinski definition) is 0. The van der Waals surface area contributed by atoms with Crippen molar-refractivity contribution in [2.24, 2.45) is 5.92 Å². The SMILES string of the molecule is CC(C1=C2CCC(C2)C1)c1ccccc1. The van der Waals surface area contributed by atoms with E-state index < -0.39 is 0 Å². The molecule has 2 aliphatic carbocycles. The first-order valence-electron chi connectivity index (χ1n) is 6.10. The van der Waals surface area contributed by atoms with E-state index in [1.165, 1.54) is 31.2 Å². The van der Waals surface area contributed by atoms with Crippen LogP contribution in [0.25, 0.3) is 0 Å². The zero-order valence-electron chi connectivity index (χ0n) is 9.37. The van der Waals surface area contributed by atoms with Crippen LogP contribution in [-0.2, 0) is 0 Å².